The quantitative estimate of drug-likeness (QED) is 0.506. The highest BCUT2D eigenvalue weighted by molar-refractivity contribution is 7.88. The number of nitrogens with two attached hydrogens (primary N) is 1. The van der Waals surface area contributed by atoms with Crippen LogP contribution in [0.4, 0.5) is 11.5 Å². The van der Waals surface area contributed by atoms with E-state index in [0.29, 0.717) is 36.7 Å². The van der Waals surface area contributed by atoms with Gasteiger partial charge in [-0.3, -0.25) is 4.79 Å². The third kappa shape index (κ3) is 4.88. The van der Waals surface area contributed by atoms with Gasteiger partial charge in [0.15, 0.2) is 11.6 Å². The third-order valence-corrected chi connectivity index (χ3v) is 8.17. The zero-order chi connectivity index (χ0) is 25.4. The first kappa shape index (κ1) is 24.5. The largest absolute Gasteiger partial charge is 0.399 e. The van der Waals surface area contributed by atoms with Crippen molar-refractivity contribution in [3.05, 3.63) is 42.1 Å². The van der Waals surface area contributed by atoms with E-state index in [0.717, 1.165) is 36.3 Å². The summed E-state index contributed by atoms with van der Waals surface area (Å²) in [7, 11) is -1.55. The molecule has 2 N–H and O–H groups in total. The SMILES string of the molecule is COC1CCCN(c2nc(-c3ccc(N)cc3)nn3cc(C(=O)N4CCN(S(C)(=O)=O)CC4)cc23)C1. The van der Waals surface area contributed by atoms with Gasteiger partial charge in [-0.25, -0.2) is 17.9 Å². The summed E-state index contributed by atoms with van der Waals surface area (Å²) in [5.74, 6) is 1.13. The maximum atomic E-state index is 13.4. The van der Waals surface area contributed by atoms with Crippen molar-refractivity contribution in [3.8, 4) is 11.4 Å². The smallest absolute Gasteiger partial charge is 0.255 e. The summed E-state index contributed by atoms with van der Waals surface area (Å²) < 4.78 is 32.4. The molecular weight excluding hydrogens is 482 g/mol. The Balaban J connectivity index is 1.50. The number of piperazine rings is 1. The van der Waals surface area contributed by atoms with Gasteiger partial charge >= 0.3 is 0 Å². The van der Waals surface area contributed by atoms with Gasteiger partial charge in [0.1, 0.15) is 5.52 Å². The van der Waals surface area contributed by atoms with Crippen molar-refractivity contribution in [2.24, 2.45) is 0 Å². The highest BCUT2D eigenvalue weighted by atomic mass is 32.2. The molecule has 0 bridgehead atoms. The molecule has 12 heteroatoms. The lowest BCUT2D eigenvalue weighted by atomic mass is 10.1. The zero-order valence-electron chi connectivity index (χ0n) is 20.5. The minimum Gasteiger partial charge on any atom is -0.399 e. The summed E-state index contributed by atoms with van der Waals surface area (Å²) in [6.45, 7) is 2.79. The van der Waals surface area contributed by atoms with E-state index >= 15 is 0 Å². The number of amides is 1. The Morgan fingerprint density at radius 1 is 1.11 bits per heavy atom. The minimum absolute atomic E-state index is 0.107. The van der Waals surface area contributed by atoms with E-state index in [1.54, 1.807) is 22.7 Å². The molecule has 2 saturated heterocycles. The summed E-state index contributed by atoms with van der Waals surface area (Å²) in [6.07, 6.45) is 4.99. The molecule has 1 atom stereocenters. The summed E-state index contributed by atoms with van der Waals surface area (Å²) in [5, 5.41) is 4.71. The molecule has 5 rings (SSSR count). The molecule has 0 aliphatic carbocycles. The van der Waals surface area contributed by atoms with Gasteiger partial charge in [-0.2, -0.15) is 4.31 Å². The number of hydrogen-bond acceptors (Lipinski definition) is 8. The minimum atomic E-state index is -3.27. The molecule has 4 heterocycles. The Morgan fingerprint density at radius 2 is 1.83 bits per heavy atom. The number of carbonyl (C=O) groups excluding carboxylic acids is 1. The molecule has 1 aromatic carbocycles. The number of sulfonamides is 1. The van der Waals surface area contributed by atoms with Gasteiger partial charge in [-0.1, -0.05) is 0 Å². The molecule has 2 aliphatic rings. The second-order valence-electron chi connectivity index (χ2n) is 9.34. The van der Waals surface area contributed by atoms with Crippen LogP contribution in [0.15, 0.2) is 36.5 Å². The summed E-state index contributed by atoms with van der Waals surface area (Å²) >= 11 is 0. The number of aromatic nitrogens is 3. The second-order valence-corrected chi connectivity index (χ2v) is 11.3. The fraction of sp³-hybridized carbons (Fsp3) is 0.458. The highest BCUT2D eigenvalue weighted by Crippen LogP contribution is 2.29. The first-order chi connectivity index (χ1) is 17.2. The number of nitrogen functional groups attached to an aromatic ring is 1. The van der Waals surface area contributed by atoms with Crippen molar-refractivity contribution < 1.29 is 17.9 Å². The van der Waals surface area contributed by atoms with Crippen LogP contribution in [0.3, 0.4) is 0 Å². The van der Waals surface area contributed by atoms with Gasteiger partial charge in [0.25, 0.3) is 5.91 Å². The topological polar surface area (TPSA) is 126 Å². The van der Waals surface area contributed by atoms with Crippen molar-refractivity contribution in [2.45, 2.75) is 18.9 Å². The molecule has 1 amide bonds. The number of nitrogens with zero attached hydrogens (tertiary/aromatic N) is 6. The Bertz CT molecular complexity index is 1370. The Hall–Kier alpha value is -3.22. The normalized spacial score (nSPS) is 19.7. The first-order valence-electron chi connectivity index (χ1n) is 12.0. The van der Waals surface area contributed by atoms with Crippen LogP contribution in [0.25, 0.3) is 16.9 Å². The number of anilines is 2. The highest BCUT2D eigenvalue weighted by Gasteiger charge is 2.29. The van der Waals surface area contributed by atoms with Gasteiger partial charge in [-0.05, 0) is 43.2 Å². The number of piperidine rings is 1. The number of rotatable bonds is 5. The van der Waals surface area contributed by atoms with Crippen molar-refractivity contribution in [3.63, 3.8) is 0 Å². The first-order valence-corrected chi connectivity index (χ1v) is 13.9. The Morgan fingerprint density at radius 3 is 2.50 bits per heavy atom. The summed E-state index contributed by atoms with van der Waals surface area (Å²) in [4.78, 5) is 22.1. The predicted molar refractivity (Wildman–Crippen MR) is 137 cm³/mol. The molecule has 0 spiro atoms. The number of methoxy groups -OCH3 is 1. The van der Waals surface area contributed by atoms with Crippen LogP contribution in [-0.2, 0) is 14.8 Å². The molecule has 0 radical (unpaired) electrons. The molecule has 3 aromatic rings. The fourth-order valence-corrected chi connectivity index (χ4v) is 5.64. The fourth-order valence-electron chi connectivity index (χ4n) is 4.82. The van der Waals surface area contributed by atoms with Crippen LogP contribution in [0.5, 0.6) is 0 Å². The lowest BCUT2D eigenvalue weighted by molar-refractivity contribution is 0.0698. The molecule has 11 nitrogen and oxygen atoms in total. The second kappa shape index (κ2) is 9.68. The van der Waals surface area contributed by atoms with E-state index < -0.39 is 10.0 Å². The van der Waals surface area contributed by atoms with Crippen molar-refractivity contribution in [2.75, 3.05) is 63.3 Å². The molecular formula is C24H31N7O4S. The third-order valence-electron chi connectivity index (χ3n) is 6.87. The monoisotopic (exact) mass is 513 g/mol. The van der Waals surface area contributed by atoms with Crippen LogP contribution in [0.2, 0.25) is 0 Å². The Labute approximate surface area is 210 Å². The molecule has 192 valence electrons. The predicted octanol–water partition coefficient (Wildman–Crippen LogP) is 1.31. The molecule has 36 heavy (non-hydrogen) atoms. The maximum Gasteiger partial charge on any atom is 0.255 e. The standard InChI is InChI=1S/C24H31N7O4S/c1-35-20-4-3-9-29(16-20)23-21-14-18(24(32)28-10-12-30(13-11-28)36(2,33)34)15-31(21)27-22(26-23)17-5-7-19(25)8-6-17/h5-8,14-15,20H,3-4,9-13,16,25H2,1-2H3. The van der Waals surface area contributed by atoms with E-state index in [1.807, 2.05) is 30.3 Å². The van der Waals surface area contributed by atoms with E-state index in [9.17, 15) is 13.2 Å². The van der Waals surface area contributed by atoms with Gasteiger partial charge in [-0.15, -0.1) is 5.10 Å². The molecule has 2 aliphatic heterocycles. The number of fused-ring (bicyclic) bond motifs is 1. The van der Waals surface area contributed by atoms with Crippen LogP contribution in [0, 0.1) is 0 Å². The van der Waals surface area contributed by atoms with Crippen LogP contribution in [-0.4, -0.2) is 96.9 Å². The van der Waals surface area contributed by atoms with Gasteiger partial charge in [0, 0.05) is 63.8 Å². The van der Waals surface area contributed by atoms with Crippen molar-refractivity contribution in [1.29, 1.82) is 0 Å². The number of hydrogen-bond donors (Lipinski definition) is 1. The van der Waals surface area contributed by atoms with Crippen LogP contribution < -0.4 is 10.6 Å². The van der Waals surface area contributed by atoms with E-state index in [4.69, 9.17) is 20.6 Å². The van der Waals surface area contributed by atoms with Gasteiger partial charge < -0.3 is 20.3 Å². The summed E-state index contributed by atoms with van der Waals surface area (Å²) in [6, 6.07) is 9.21. The molecule has 1 unspecified atom stereocenters. The van der Waals surface area contributed by atoms with E-state index in [-0.39, 0.29) is 25.1 Å². The average molecular weight is 514 g/mol. The number of ether oxygens (including phenoxy) is 1. The number of carbonyl (C=O) groups is 1. The van der Waals surface area contributed by atoms with Gasteiger partial charge in [0.05, 0.1) is 17.9 Å². The summed E-state index contributed by atoms with van der Waals surface area (Å²) in [5.41, 5.74) is 8.58. The zero-order valence-corrected chi connectivity index (χ0v) is 21.3. The van der Waals surface area contributed by atoms with Crippen molar-refractivity contribution >= 4 is 33.0 Å². The lowest BCUT2D eigenvalue weighted by Gasteiger charge is -2.33. The molecule has 2 aromatic heterocycles. The maximum absolute atomic E-state index is 13.4. The van der Waals surface area contributed by atoms with Crippen LogP contribution >= 0.6 is 0 Å². The van der Waals surface area contributed by atoms with E-state index in [1.165, 1.54) is 10.6 Å². The average Bonchev–Trinajstić information content (AvgIpc) is 3.32. The molecule has 0 saturated carbocycles. The van der Waals surface area contributed by atoms with E-state index in [2.05, 4.69) is 4.90 Å². The van der Waals surface area contributed by atoms with Gasteiger partial charge in [0.2, 0.25) is 10.0 Å². The van der Waals surface area contributed by atoms with Crippen LogP contribution in [0.1, 0.15) is 23.2 Å². The Kier molecular flexibility index (Phi) is 6.58. The van der Waals surface area contributed by atoms with Crippen molar-refractivity contribution in [1.82, 2.24) is 23.8 Å². The number of benzene rings is 1. The molecule has 2 fully saturated rings. The lowest BCUT2D eigenvalue weighted by Crippen LogP contribution is -2.50.